The van der Waals surface area contributed by atoms with Crippen LogP contribution in [0.1, 0.15) is 12.0 Å². The Morgan fingerprint density at radius 1 is 1.50 bits per heavy atom. The number of pyridine rings is 1. The summed E-state index contributed by atoms with van der Waals surface area (Å²) in [6.45, 7) is 0. The summed E-state index contributed by atoms with van der Waals surface area (Å²) < 4.78 is 22.7. The molecule has 2 N–H and O–H groups in total. The van der Waals surface area contributed by atoms with Gasteiger partial charge in [-0.1, -0.05) is 0 Å². The molecule has 0 spiro atoms. The van der Waals surface area contributed by atoms with Crippen LogP contribution in [0.15, 0.2) is 23.4 Å². The molecule has 0 aliphatic rings. The van der Waals surface area contributed by atoms with Gasteiger partial charge in [0.15, 0.2) is 5.03 Å². The zero-order valence-corrected chi connectivity index (χ0v) is 9.11. The molecule has 0 saturated heterocycles. The standard InChI is InChI=1S/C9H10N2O4S/c10-9(13)16(14,15)8-6-7(2-1-5-12)3-4-11-8/h3-6H,1-2H2,(H2,10,13). The summed E-state index contributed by atoms with van der Waals surface area (Å²) in [6, 6.07) is 2.81. The van der Waals surface area contributed by atoms with Crippen molar-refractivity contribution in [3.63, 3.8) is 0 Å². The Hall–Kier alpha value is -1.76. The number of rotatable bonds is 4. The molecule has 0 aliphatic heterocycles. The van der Waals surface area contributed by atoms with Gasteiger partial charge in [-0.05, 0) is 24.1 Å². The third kappa shape index (κ3) is 2.63. The van der Waals surface area contributed by atoms with Crippen molar-refractivity contribution in [3.8, 4) is 0 Å². The van der Waals surface area contributed by atoms with E-state index in [-0.39, 0.29) is 11.4 Å². The van der Waals surface area contributed by atoms with E-state index in [0.717, 1.165) is 6.29 Å². The van der Waals surface area contributed by atoms with Crippen LogP contribution < -0.4 is 5.73 Å². The number of primary amides is 1. The smallest absolute Gasteiger partial charge is 0.340 e. The Morgan fingerprint density at radius 2 is 2.19 bits per heavy atom. The van der Waals surface area contributed by atoms with Crippen molar-refractivity contribution in [2.75, 3.05) is 0 Å². The fourth-order valence-corrected chi connectivity index (χ4v) is 1.79. The molecule has 1 heterocycles. The van der Waals surface area contributed by atoms with Crippen molar-refractivity contribution in [2.45, 2.75) is 17.9 Å². The third-order valence-electron chi connectivity index (χ3n) is 1.89. The van der Waals surface area contributed by atoms with E-state index < -0.39 is 15.1 Å². The second kappa shape index (κ2) is 4.84. The summed E-state index contributed by atoms with van der Waals surface area (Å²) in [5.41, 5.74) is 5.34. The first-order valence-corrected chi connectivity index (χ1v) is 5.90. The number of sulfone groups is 1. The van der Waals surface area contributed by atoms with Gasteiger partial charge in [-0.3, -0.25) is 4.79 Å². The lowest BCUT2D eigenvalue weighted by Gasteiger charge is -2.01. The molecule has 0 aromatic carbocycles. The van der Waals surface area contributed by atoms with Crippen LogP contribution in [0.4, 0.5) is 4.79 Å². The van der Waals surface area contributed by atoms with Gasteiger partial charge in [-0.2, -0.15) is 0 Å². The lowest BCUT2D eigenvalue weighted by atomic mass is 10.2. The summed E-state index contributed by atoms with van der Waals surface area (Å²) >= 11 is 0. The minimum Gasteiger partial charge on any atom is -0.356 e. The number of aryl methyl sites for hydroxylation is 1. The highest BCUT2D eigenvalue weighted by molar-refractivity contribution is 8.05. The van der Waals surface area contributed by atoms with E-state index in [2.05, 4.69) is 4.98 Å². The van der Waals surface area contributed by atoms with Crippen LogP contribution in [0.2, 0.25) is 0 Å². The van der Waals surface area contributed by atoms with E-state index in [1.807, 2.05) is 0 Å². The quantitative estimate of drug-likeness (QED) is 0.751. The summed E-state index contributed by atoms with van der Waals surface area (Å²) in [4.78, 5) is 24.4. The summed E-state index contributed by atoms with van der Waals surface area (Å²) in [6.07, 6.45) is 2.66. The average Bonchev–Trinajstić information content (AvgIpc) is 2.26. The van der Waals surface area contributed by atoms with Crippen LogP contribution in [0, 0.1) is 0 Å². The molecule has 1 aromatic heterocycles. The van der Waals surface area contributed by atoms with E-state index >= 15 is 0 Å². The van der Waals surface area contributed by atoms with Crippen LogP contribution in [-0.4, -0.2) is 24.9 Å². The predicted molar refractivity (Wildman–Crippen MR) is 55.4 cm³/mol. The van der Waals surface area contributed by atoms with Gasteiger partial charge in [-0.25, -0.2) is 13.4 Å². The molecule has 16 heavy (non-hydrogen) atoms. The summed E-state index contributed by atoms with van der Waals surface area (Å²) in [7, 11) is -4.18. The number of nitrogens with zero attached hydrogens (tertiary/aromatic N) is 1. The molecule has 0 fully saturated rings. The van der Waals surface area contributed by atoms with Gasteiger partial charge in [0.1, 0.15) is 6.29 Å². The maximum Gasteiger partial charge on any atom is 0.340 e. The van der Waals surface area contributed by atoms with Crippen molar-refractivity contribution in [2.24, 2.45) is 5.73 Å². The molecular weight excluding hydrogens is 232 g/mol. The van der Waals surface area contributed by atoms with Crippen molar-refractivity contribution in [1.29, 1.82) is 0 Å². The number of aldehydes is 1. The first kappa shape index (κ1) is 12.3. The molecule has 0 bridgehead atoms. The maximum absolute atomic E-state index is 11.4. The Kier molecular flexibility index (Phi) is 3.73. The molecule has 0 saturated carbocycles. The van der Waals surface area contributed by atoms with E-state index in [9.17, 15) is 18.0 Å². The predicted octanol–water partition coefficient (Wildman–Crippen LogP) is 0.0655. The summed E-state index contributed by atoms with van der Waals surface area (Å²) in [5, 5.41) is -1.82. The molecule has 0 unspecified atom stereocenters. The maximum atomic E-state index is 11.4. The Balaban J connectivity index is 3.08. The zero-order valence-electron chi connectivity index (χ0n) is 8.29. The van der Waals surface area contributed by atoms with Crippen molar-refractivity contribution in [3.05, 3.63) is 23.9 Å². The van der Waals surface area contributed by atoms with Gasteiger partial charge < -0.3 is 10.5 Å². The van der Waals surface area contributed by atoms with Gasteiger partial charge in [0, 0.05) is 12.6 Å². The monoisotopic (exact) mass is 242 g/mol. The van der Waals surface area contributed by atoms with Gasteiger partial charge in [0.05, 0.1) is 0 Å². The van der Waals surface area contributed by atoms with Gasteiger partial charge in [0.2, 0.25) is 0 Å². The van der Waals surface area contributed by atoms with Crippen molar-refractivity contribution < 1.29 is 18.0 Å². The highest BCUT2D eigenvalue weighted by Gasteiger charge is 2.23. The molecular formula is C9H10N2O4S. The molecule has 0 radical (unpaired) electrons. The van der Waals surface area contributed by atoms with Crippen molar-refractivity contribution in [1.82, 2.24) is 4.98 Å². The van der Waals surface area contributed by atoms with E-state index in [1.165, 1.54) is 12.3 Å². The van der Waals surface area contributed by atoms with Crippen LogP contribution in [0.25, 0.3) is 0 Å². The Bertz CT molecular complexity index is 510. The first-order valence-electron chi connectivity index (χ1n) is 4.41. The second-order valence-electron chi connectivity index (χ2n) is 3.03. The largest absolute Gasteiger partial charge is 0.356 e. The molecule has 86 valence electrons. The lowest BCUT2D eigenvalue weighted by Crippen LogP contribution is -2.22. The number of hydrogen-bond donors (Lipinski definition) is 1. The number of carbonyl (C=O) groups is 2. The van der Waals surface area contributed by atoms with Crippen LogP contribution in [-0.2, 0) is 21.1 Å². The Morgan fingerprint density at radius 3 is 2.75 bits per heavy atom. The molecule has 7 heteroatoms. The SMILES string of the molecule is NC(=O)S(=O)(=O)c1cc(CCC=O)ccn1. The Labute approximate surface area is 92.4 Å². The van der Waals surface area contributed by atoms with Crippen LogP contribution >= 0.6 is 0 Å². The molecule has 1 rings (SSSR count). The molecule has 6 nitrogen and oxygen atoms in total. The van der Waals surface area contributed by atoms with E-state index in [0.29, 0.717) is 12.0 Å². The lowest BCUT2D eigenvalue weighted by molar-refractivity contribution is -0.107. The minimum absolute atomic E-state index is 0.278. The van der Waals surface area contributed by atoms with Gasteiger partial charge in [0.25, 0.3) is 9.84 Å². The fourth-order valence-electron chi connectivity index (χ4n) is 1.08. The van der Waals surface area contributed by atoms with E-state index in [4.69, 9.17) is 5.73 Å². The van der Waals surface area contributed by atoms with Crippen LogP contribution in [0.3, 0.4) is 0 Å². The molecule has 0 aliphatic carbocycles. The van der Waals surface area contributed by atoms with E-state index in [1.54, 1.807) is 6.07 Å². The number of aromatic nitrogens is 1. The topological polar surface area (TPSA) is 107 Å². The number of carbonyl (C=O) groups excluding carboxylic acids is 2. The summed E-state index contributed by atoms with van der Waals surface area (Å²) in [5.74, 6) is 0. The van der Waals surface area contributed by atoms with Gasteiger partial charge in [-0.15, -0.1) is 0 Å². The van der Waals surface area contributed by atoms with Gasteiger partial charge >= 0.3 is 5.24 Å². The highest BCUT2D eigenvalue weighted by Crippen LogP contribution is 2.11. The number of hydrogen-bond acceptors (Lipinski definition) is 5. The number of nitrogens with two attached hydrogens (primary N) is 1. The second-order valence-corrected chi connectivity index (χ2v) is 4.86. The normalized spacial score (nSPS) is 11.0. The first-order chi connectivity index (χ1) is 7.48. The highest BCUT2D eigenvalue weighted by atomic mass is 32.2. The molecule has 0 atom stereocenters. The van der Waals surface area contributed by atoms with Crippen molar-refractivity contribution >= 4 is 21.4 Å². The zero-order chi connectivity index (χ0) is 12.2. The number of amides is 1. The fraction of sp³-hybridized carbons (Fsp3) is 0.222. The molecule has 1 aromatic rings. The van der Waals surface area contributed by atoms with Crippen LogP contribution in [0.5, 0.6) is 0 Å². The molecule has 1 amide bonds. The average molecular weight is 242 g/mol. The minimum atomic E-state index is -4.18. The third-order valence-corrected chi connectivity index (χ3v) is 3.19.